The van der Waals surface area contributed by atoms with Crippen LogP contribution in [0.1, 0.15) is 59.6 Å². The van der Waals surface area contributed by atoms with Gasteiger partial charge in [-0.3, -0.25) is 9.48 Å². The zero-order valence-corrected chi connectivity index (χ0v) is 43.4. The number of allylic oxidation sites excluding steroid dienone is 2. The van der Waals surface area contributed by atoms with E-state index in [4.69, 9.17) is 5.11 Å². The van der Waals surface area contributed by atoms with Crippen molar-refractivity contribution in [2.24, 2.45) is 10.8 Å². The second-order valence-electron chi connectivity index (χ2n) is 17.5. The van der Waals surface area contributed by atoms with Crippen molar-refractivity contribution in [3.05, 3.63) is 187 Å². The van der Waals surface area contributed by atoms with Gasteiger partial charge < -0.3 is 20.2 Å². The maximum absolute atomic E-state index is 12.1. The molecule has 2 N–H and O–H groups in total. The Balaban J connectivity index is 0.000000305. The van der Waals surface area contributed by atoms with Gasteiger partial charge in [0.2, 0.25) is 0 Å². The Labute approximate surface area is 415 Å². The molecule has 4 aromatic carbocycles. The number of hydrogen-bond acceptors (Lipinski definition) is 6. The molecule has 0 saturated heterocycles. The van der Waals surface area contributed by atoms with Crippen LogP contribution in [0.4, 0.5) is 13.2 Å². The standard InChI is InChI=1S/2C18H14N.C11H20O2.C7H9F3N2O.2Ir/c2*1-14-10-11-18(19-13-14)17-9-5-8-16(12-17)15-6-3-2-4-7-15;1-10(2,3)8(12)7-9(13)11(4,5)6;1-6(13,7(8,9)10)5-12-4-2-3-11-12;;/h2*2-8,10-13H,1H3;7,12H,1-6H3;2-4,13H,5H2,1H3;;/q2*-1;;;;. The Kier molecular flexibility index (Phi) is 22.0. The number of alkyl halides is 3. The molecule has 7 nitrogen and oxygen atoms in total. The number of benzene rings is 4. The molecule has 0 spiro atoms. The summed E-state index contributed by atoms with van der Waals surface area (Å²) in [6.45, 7) is 15.3. The number of pyridine rings is 2. The van der Waals surface area contributed by atoms with Gasteiger partial charge in [-0.05, 0) is 60.5 Å². The molecule has 2 radical (unpaired) electrons. The normalized spacial score (nSPS) is 12.2. The Morgan fingerprint density at radius 2 is 1.08 bits per heavy atom. The first-order valence-corrected chi connectivity index (χ1v) is 20.8. The monoisotopic (exact) mass is 1250 g/mol. The SMILES string of the molecule is CC(C)(C)C(=O)C=C(O)C(C)(C)C.CC(O)(Cn1cccn1)C(F)(F)F.Cc1ccc(-c2[c-]ccc(-c3ccccc3)c2)nc1.Cc1ccc(-c2[c-]ccc(-c3ccccc3)c2)nc1.[Ir].[Ir]. The summed E-state index contributed by atoms with van der Waals surface area (Å²) < 4.78 is 37.4. The summed E-state index contributed by atoms with van der Waals surface area (Å²) in [5, 5.41) is 22.2. The summed E-state index contributed by atoms with van der Waals surface area (Å²) in [4.78, 5) is 20.4. The van der Waals surface area contributed by atoms with E-state index in [0.29, 0.717) is 6.92 Å². The minimum absolute atomic E-state index is 0. The molecular formula is C54H57F3Ir2N4O3-2. The van der Waals surface area contributed by atoms with E-state index in [1.165, 1.54) is 57.9 Å². The predicted octanol–water partition coefficient (Wildman–Crippen LogP) is 13.3. The van der Waals surface area contributed by atoms with Crippen LogP contribution in [0.15, 0.2) is 164 Å². The Morgan fingerprint density at radius 3 is 1.41 bits per heavy atom. The molecule has 7 aromatic rings. The molecule has 1 unspecified atom stereocenters. The van der Waals surface area contributed by atoms with Crippen LogP contribution in [0.25, 0.3) is 44.8 Å². The number of aromatic nitrogens is 4. The van der Waals surface area contributed by atoms with Gasteiger partial charge in [0.25, 0.3) is 0 Å². The molecule has 0 aliphatic rings. The van der Waals surface area contributed by atoms with Crippen LogP contribution < -0.4 is 0 Å². The van der Waals surface area contributed by atoms with Gasteiger partial charge in [-0.25, -0.2) is 0 Å². The van der Waals surface area contributed by atoms with E-state index in [-0.39, 0.29) is 57.2 Å². The second kappa shape index (κ2) is 25.5. The molecule has 66 heavy (non-hydrogen) atoms. The molecule has 0 fully saturated rings. The third-order valence-electron chi connectivity index (χ3n) is 9.61. The third kappa shape index (κ3) is 18.1. The smallest absolute Gasteiger partial charge is 0.418 e. The number of carbonyl (C=O) groups is 1. The van der Waals surface area contributed by atoms with Crippen LogP contribution in [-0.4, -0.2) is 47.5 Å². The van der Waals surface area contributed by atoms with E-state index >= 15 is 0 Å². The summed E-state index contributed by atoms with van der Waals surface area (Å²) in [6, 6.07) is 49.3. The zero-order chi connectivity index (χ0) is 47.1. The van der Waals surface area contributed by atoms with Gasteiger partial charge in [-0.15, -0.1) is 70.8 Å². The molecule has 7 rings (SSSR count). The number of aryl methyl sites for hydroxylation is 2. The maximum atomic E-state index is 12.1. The summed E-state index contributed by atoms with van der Waals surface area (Å²) in [7, 11) is 0. The van der Waals surface area contributed by atoms with Crippen LogP contribution in [0.5, 0.6) is 0 Å². The van der Waals surface area contributed by atoms with Crippen molar-refractivity contribution < 1.29 is 68.4 Å². The summed E-state index contributed by atoms with van der Waals surface area (Å²) in [5.74, 6) is 0.104. The maximum Gasteiger partial charge on any atom is 0.418 e. The summed E-state index contributed by atoms with van der Waals surface area (Å²) in [5.41, 5.74) is 7.63. The van der Waals surface area contributed by atoms with Gasteiger partial charge in [-0.1, -0.05) is 126 Å². The van der Waals surface area contributed by atoms with Crippen molar-refractivity contribution in [2.45, 2.75) is 80.6 Å². The van der Waals surface area contributed by atoms with E-state index in [9.17, 15) is 23.1 Å². The molecule has 0 saturated carbocycles. The number of nitrogens with zero attached hydrogens (tertiary/aromatic N) is 4. The molecule has 352 valence electrons. The van der Waals surface area contributed by atoms with Crippen molar-refractivity contribution >= 4 is 5.78 Å². The zero-order valence-electron chi connectivity index (χ0n) is 38.6. The van der Waals surface area contributed by atoms with Gasteiger partial charge in [0.1, 0.15) is 5.76 Å². The van der Waals surface area contributed by atoms with Gasteiger partial charge in [0.15, 0.2) is 11.4 Å². The molecule has 3 aromatic heterocycles. The number of rotatable bonds is 7. The molecular weight excluding hydrogens is 1190 g/mol. The Bertz CT molecular complexity index is 2410. The molecule has 1 atom stereocenters. The quantitative estimate of drug-likeness (QED) is 0.0937. The van der Waals surface area contributed by atoms with Crippen molar-refractivity contribution in [2.75, 3.05) is 0 Å². The van der Waals surface area contributed by atoms with Crippen LogP contribution in [0, 0.1) is 36.8 Å². The van der Waals surface area contributed by atoms with Crippen molar-refractivity contribution in [3.8, 4) is 44.8 Å². The first kappa shape index (κ1) is 56.8. The van der Waals surface area contributed by atoms with E-state index in [1.54, 1.807) is 0 Å². The van der Waals surface area contributed by atoms with Crippen LogP contribution in [0.3, 0.4) is 0 Å². The molecule has 12 heteroatoms. The molecule has 0 amide bonds. The fraction of sp³-hybridized carbons (Fsp3) is 0.259. The average molecular weight is 1250 g/mol. The Morgan fingerprint density at radius 1 is 0.636 bits per heavy atom. The second-order valence-corrected chi connectivity index (χ2v) is 17.5. The van der Waals surface area contributed by atoms with Crippen molar-refractivity contribution in [1.29, 1.82) is 0 Å². The molecule has 0 bridgehead atoms. The van der Waals surface area contributed by atoms with Crippen LogP contribution >= 0.6 is 0 Å². The van der Waals surface area contributed by atoms with Gasteiger partial charge in [-0.2, -0.15) is 18.3 Å². The van der Waals surface area contributed by atoms with E-state index in [2.05, 4.69) is 112 Å². The largest absolute Gasteiger partial charge is 0.512 e. The van der Waals surface area contributed by atoms with Gasteiger partial charge in [0, 0.05) is 81.9 Å². The third-order valence-corrected chi connectivity index (χ3v) is 9.61. The number of ketones is 1. The predicted molar refractivity (Wildman–Crippen MR) is 251 cm³/mol. The number of hydrogen-bond donors (Lipinski definition) is 2. The first-order valence-electron chi connectivity index (χ1n) is 20.8. The van der Waals surface area contributed by atoms with Crippen molar-refractivity contribution in [1.82, 2.24) is 19.7 Å². The van der Waals surface area contributed by atoms with E-state index < -0.39 is 23.7 Å². The fourth-order valence-corrected chi connectivity index (χ4v) is 5.46. The molecule has 0 aliphatic carbocycles. The fourth-order valence-electron chi connectivity index (χ4n) is 5.46. The minimum Gasteiger partial charge on any atom is -0.512 e. The van der Waals surface area contributed by atoms with Gasteiger partial charge in [0.05, 0.1) is 6.54 Å². The van der Waals surface area contributed by atoms with E-state index in [0.717, 1.165) is 27.2 Å². The average Bonchev–Trinajstić information content (AvgIpc) is 3.77. The minimum atomic E-state index is -4.64. The molecule has 3 heterocycles. The summed E-state index contributed by atoms with van der Waals surface area (Å²) >= 11 is 0. The van der Waals surface area contributed by atoms with Crippen molar-refractivity contribution in [3.63, 3.8) is 0 Å². The summed E-state index contributed by atoms with van der Waals surface area (Å²) in [6.07, 6.45) is 3.18. The van der Waals surface area contributed by atoms with Gasteiger partial charge >= 0.3 is 6.18 Å². The first-order chi connectivity index (χ1) is 30.0. The number of aliphatic hydroxyl groups is 2. The molecule has 0 aliphatic heterocycles. The Hall–Kier alpha value is -5.35. The van der Waals surface area contributed by atoms with E-state index in [1.807, 2.05) is 104 Å². The number of carbonyl (C=O) groups excluding carboxylic acids is 1. The topological polar surface area (TPSA) is 101 Å². The van der Waals surface area contributed by atoms with Crippen LogP contribution in [0.2, 0.25) is 0 Å². The number of halogens is 3. The van der Waals surface area contributed by atoms with Crippen LogP contribution in [-0.2, 0) is 51.6 Å². The number of aliphatic hydroxyl groups excluding tert-OH is 1.